The van der Waals surface area contributed by atoms with Crippen LogP contribution in [0.15, 0.2) is 24.3 Å². The number of benzene rings is 1. The highest BCUT2D eigenvalue weighted by Gasteiger charge is 2.26. The molecule has 2 aliphatic rings. The Hall–Kier alpha value is -2.79. The van der Waals surface area contributed by atoms with Gasteiger partial charge in [-0.15, -0.1) is 0 Å². The lowest BCUT2D eigenvalue weighted by molar-refractivity contribution is 0.0495. The highest BCUT2D eigenvalue weighted by atomic mass is 16.5. The molecule has 202 valence electrons. The van der Waals surface area contributed by atoms with E-state index < -0.39 is 6.10 Å². The summed E-state index contributed by atoms with van der Waals surface area (Å²) in [4.78, 5) is 24.9. The first-order chi connectivity index (χ1) is 17.9. The van der Waals surface area contributed by atoms with E-state index in [1.165, 1.54) is 0 Å². The Bertz CT molecular complexity index is 1040. The maximum Gasteiger partial charge on any atom is 0.272 e. The average Bonchev–Trinajstić information content (AvgIpc) is 3.42. The fourth-order valence-corrected chi connectivity index (χ4v) is 4.63. The van der Waals surface area contributed by atoms with Crippen LogP contribution in [0, 0.1) is 12.8 Å². The number of nitrogens with zero attached hydrogens (tertiary/aromatic N) is 3. The molecular formula is C27H39N5O5. The van der Waals surface area contributed by atoms with E-state index in [2.05, 4.69) is 10.6 Å². The maximum atomic E-state index is 13.6. The van der Waals surface area contributed by atoms with Crippen LogP contribution in [0.5, 0.6) is 5.75 Å². The Balaban J connectivity index is 1.60. The number of nitrogens with one attached hydrogen (secondary N) is 2. The van der Waals surface area contributed by atoms with Crippen molar-refractivity contribution in [1.29, 1.82) is 0 Å². The molecular weight excluding hydrogens is 474 g/mol. The Morgan fingerprint density at radius 1 is 1.22 bits per heavy atom. The third kappa shape index (κ3) is 7.38. The van der Waals surface area contributed by atoms with E-state index in [-0.39, 0.29) is 18.6 Å². The van der Waals surface area contributed by atoms with Crippen molar-refractivity contribution >= 4 is 11.7 Å². The standard InChI is InChI=1S/C27H39N5O5/c1-18-24(27(34)32(3)15-19-7-10-35-11-8-19)30-26(31-25(18)29-21-9-12-36-16-21)20-5-4-6-23(13-20)37-17-22(33)14-28-2/h4-6,13,19,21-22,28,33H,7-12,14-17H2,1-3H3,(H,29,30,31). The molecule has 0 radical (unpaired) electrons. The third-order valence-electron chi connectivity index (χ3n) is 6.81. The Labute approximate surface area is 218 Å². The molecule has 2 aromatic rings. The lowest BCUT2D eigenvalue weighted by Gasteiger charge is -2.27. The summed E-state index contributed by atoms with van der Waals surface area (Å²) in [6.07, 6.45) is 2.17. The van der Waals surface area contributed by atoms with Crippen LogP contribution in [0.4, 0.5) is 5.82 Å². The average molecular weight is 514 g/mol. The molecule has 2 saturated heterocycles. The number of likely N-dealkylation sites (N-methyl/N-ethyl adjacent to an activating group) is 1. The molecule has 1 aromatic carbocycles. The summed E-state index contributed by atoms with van der Waals surface area (Å²) in [6.45, 7) is 5.94. The Morgan fingerprint density at radius 2 is 2.00 bits per heavy atom. The summed E-state index contributed by atoms with van der Waals surface area (Å²) in [5.41, 5.74) is 1.84. The number of aliphatic hydroxyl groups excluding tert-OH is 1. The van der Waals surface area contributed by atoms with Crippen molar-refractivity contribution in [3.63, 3.8) is 0 Å². The largest absolute Gasteiger partial charge is 0.491 e. The first kappa shape index (κ1) is 27.3. The van der Waals surface area contributed by atoms with E-state index in [9.17, 15) is 9.90 Å². The lowest BCUT2D eigenvalue weighted by Crippen LogP contribution is -2.35. The van der Waals surface area contributed by atoms with E-state index in [1.807, 2.05) is 38.2 Å². The number of amides is 1. The minimum absolute atomic E-state index is 0.124. The number of aromatic nitrogens is 2. The van der Waals surface area contributed by atoms with Crippen molar-refractivity contribution < 1.29 is 24.1 Å². The van der Waals surface area contributed by atoms with Gasteiger partial charge in [0.1, 0.15) is 30.0 Å². The van der Waals surface area contributed by atoms with Crippen LogP contribution in [-0.4, -0.2) is 98.2 Å². The fourth-order valence-electron chi connectivity index (χ4n) is 4.63. The highest BCUT2D eigenvalue weighted by Crippen LogP contribution is 2.27. The first-order valence-corrected chi connectivity index (χ1v) is 13.1. The van der Waals surface area contributed by atoms with Gasteiger partial charge < -0.3 is 34.9 Å². The van der Waals surface area contributed by atoms with Crippen LogP contribution in [-0.2, 0) is 9.47 Å². The number of carbonyl (C=O) groups is 1. The quantitative estimate of drug-likeness (QED) is 0.415. The topological polar surface area (TPSA) is 118 Å². The van der Waals surface area contributed by atoms with Crippen LogP contribution in [0.3, 0.4) is 0 Å². The summed E-state index contributed by atoms with van der Waals surface area (Å²) >= 11 is 0. The van der Waals surface area contributed by atoms with Crippen molar-refractivity contribution in [3.05, 3.63) is 35.5 Å². The number of anilines is 1. The monoisotopic (exact) mass is 513 g/mol. The Morgan fingerprint density at radius 3 is 2.73 bits per heavy atom. The van der Waals surface area contributed by atoms with Gasteiger partial charge in [0.25, 0.3) is 5.91 Å². The summed E-state index contributed by atoms with van der Waals surface area (Å²) < 4.78 is 16.8. The molecule has 3 N–H and O–H groups in total. The first-order valence-electron chi connectivity index (χ1n) is 13.1. The lowest BCUT2D eigenvalue weighted by atomic mass is 9.99. The van der Waals surface area contributed by atoms with Gasteiger partial charge in [-0.05, 0) is 51.3 Å². The zero-order valence-electron chi connectivity index (χ0n) is 22.0. The molecule has 2 aliphatic heterocycles. The van der Waals surface area contributed by atoms with Crippen LogP contribution in [0.1, 0.15) is 35.3 Å². The van der Waals surface area contributed by atoms with Gasteiger partial charge in [-0.3, -0.25) is 4.79 Å². The third-order valence-corrected chi connectivity index (χ3v) is 6.81. The van der Waals surface area contributed by atoms with E-state index in [1.54, 1.807) is 11.9 Å². The van der Waals surface area contributed by atoms with Crippen LogP contribution in [0.2, 0.25) is 0 Å². The number of ether oxygens (including phenoxy) is 3. The molecule has 4 rings (SSSR count). The molecule has 10 nitrogen and oxygen atoms in total. The van der Waals surface area contributed by atoms with Gasteiger partial charge in [0.05, 0.1) is 12.6 Å². The molecule has 2 fully saturated rings. The molecule has 2 unspecified atom stereocenters. The van der Waals surface area contributed by atoms with Gasteiger partial charge in [-0.1, -0.05) is 12.1 Å². The van der Waals surface area contributed by atoms with Crippen LogP contribution < -0.4 is 15.4 Å². The second-order valence-electron chi connectivity index (χ2n) is 9.87. The van der Waals surface area contributed by atoms with E-state index in [0.29, 0.717) is 55.3 Å². The SMILES string of the molecule is CNCC(O)COc1cccc(-c2nc(NC3CCOC3)c(C)c(C(=O)N(C)CC3CCOCC3)n2)c1. The van der Waals surface area contributed by atoms with Gasteiger partial charge in [0, 0.05) is 51.1 Å². The van der Waals surface area contributed by atoms with Crippen LogP contribution >= 0.6 is 0 Å². The van der Waals surface area contributed by atoms with Crippen molar-refractivity contribution in [3.8, 4) is 17.1 Å². The summed E-state index contributed by atoms with van der Waals surface area (Å²) in [5, 5.41) is 16.4. The second-order valence-corrected chi connectivity index (χ2v) is 9.87. The summed E-state index contributed by atoms with van der Waals surface area (Å²) in [6, 6.07) is 7.54. The Kier molecular flexibility index (Phi) is 9.68. The fraction of sp³-hybridized carbons (Fsp3) is 0.593. The number of hydrogen-bond acceptors (Lipinski definition) is 9. The van der Waals surface area contributed by atoms with E-state index in [4.69, 9.17) is 24.2 Å². The maximum absolute atomic E-state index is 13.6. The number of aliphatic hydroxyl groups is 1. The molecule has 37 heavy (non-hydrogen) atoms. The predicted octanol–water partition coefficient (Wildman–Crippen LogP) is 2.11. The van der Waals surface area contributed by atoms with Gasteiger partial charge in [0.15, 0.2) is 5.82 Å². The molecule has 0 saturated carbocycles. The van der Waals surface area contributed by atoms with Crippen molar-refractivity contribution in [2.75, 3.05) is 65.5 Å². The molecule has 1 aromatic heterocycles. The number of rotatable bonds is 11. The van der Waals surface area contributed by atoms with Crippen molar-refractivity contribution in [2.45, 2.75) is 38.3 Å². The van der Waals surface area contributed by atoms with E-state index in [0.717, 1.165) is 43.6 Å². The molecule has 2 atom stereocenters. The molecule has 0 aliphatic carbocycles. The minimum Gasteiger partial charge on any atom is -0.491 e. The minimum atomic E-state index is -0.621. The molecule has 10 heteroatoms. The smallest absolute Gasteiger partial charge is 0.272 e. The molecule has 0 bridgehead atoms. The molecule has 0 spiro atoms. The van der Waals surface area contributed by atoms with Crippen molar-refractivity contribution in [1.82, 2.24) is 20.2 Å². The number of carbonyl (C=O) groups excluding carboxylic acids is 1. The van der Waals surface area contributed by atoms with E-state index >= 15 is 0 Å². The summed E-state index contributed by atoms with van der Waals surface area (Å²) in [7, 11) is 3.61. The van der Waals surface area contributed by atoms with Gasteiger partial charge in [-0.2, -0.15) is 0 Å². The van der Waals surface area contributed by atoms with Crippen LogP contribution in [0.25, 0.3) is 11.4 Å². The summed E-state index contributed by atoms with van der Waals surface area (Å²) in [5.74, 6) is 1.97. The van der Waals surface area contributed by atoms with Crippen molar-refractivity contribution in [2.24, 2.45) is 5.92 Å². The highest BCUT2D eigenvalue weighted by molar-refractivity contribution is 5.95. The van der Waals surface area contributed by atoms with Gasteiger partial charge >= 0.3 is 0 Å². The normalized spacial score (nSPS) is 19.0. The molecule has 3 heterocycles. The van der Waals surface area contributed by atoms with Gasteiger partial charge in [-0.25, -0.2) is 9.97 Å². The predicted molar refractivity (Wildman–Crippen MR) is 141 cm³/mol. The van der Waals surface area contributed by atoms with Gasteiger partial charge in [0.2, 0.25) is 0 Å². The zero-order valence-corrected chi connectivity index (χ0v) is 22.0. The molecule has 1 amide bonds. The number of hydrogen-bond donors (Lipinski definition) is 3. The second kappa shape index (κ2) is 13.1. The zero-order chi connectivity index (χ0) is 26.2.